The smallest absolute Gasteiger partial charge is 0.258 e. The van der Waals surface area contributed by atoms with Crippen LogP contribution < -0.4 is 10.1 Å². The van der Waals surface area contributed by atoms with Gasteiger partial charge in [-0.3, -0.25) is 4.79 Å². The minimum atomic E-state index is -0.565. The average molecular weight is 244 g/mol. The van der Waals surface area contributed by atoms with Crippen molar-refractivity contribution in [1.82, 2.24) is 5.32 Å². The lowest BCUT2D eigenvalue weighted by Crippen LogP contribution is -2.34. The van der Waals surface area contributed by atoms with Gasteiger partial charge in [0.05, 0.1) is 11.1 Å². The Morgan fingerprint density at radius 2 is 2.25 bits per heavy atom. The Hall–Kier alpha value is -1.26. The minimum absolute atomic E-state index is 0.115. The van der Waals surface area contributed by atoms with Gasteiger partial charge in [-0.05, 0) is 19.1 Å². The van der Waals surface area contributed by atoms with E-state index in [0.29, 0.717) is 10.8 Å². The number of hydrogen-bond donors (Lipinski definition) is 2. The molecule has 0 unspecified atom stereocenters. The van der Waals surface area contributed by atoms with Crippen LogP contribution in [0.4, 0.5) is 0 Å². The zero-order chi connectivity index (χ0) is 12.0. The number of hydrogen-bond acceptors (Lipinski definition) is 3. The summed E-state index contributed by atoms with van der Waals surface area (Å²) in [6.45, 7) is 1.69. The predicted molar refractivity (Wildman–Crippen MR) is 61.6 cm³/mol. The van der Waals surface area contributed by atoms with Crippen LogP contribution in [0.15, 0.2) is 24.3 Å². The highest BCUT2D eigenvalue weighted by Crippen LogP contribution is 2.22. The van der Waals surface area contributed by atoms with Gasteiger partial charge in [0, 0.05) is 6.54 Å². The molecule has 0 radical (unpaired) electrons. The van der Waals surface area contributed by atoms with Crippen LogP contribution in [0.2, 0.25) is 5.02 Å². The third-order valence-electron chi connectivity index (χ3n) is 1.79. The summed E-state index contributed by atoms with van der Waals surface area (Å²) in [4.78, 5) is 11.2. The van der Waals surface area contributed by atoms with Gasteiger partial charge in [0.15, 0.2) is 6.61 Å². The molecule has 0 aliphatic carbocycles. The normalized spacial score (nSPS) is 11.9. The van der Waals surface area contributed by atoms with E-state index < -0.39 is 6.10 Å². The molecule has 2 N–H and O–H groups in total. The maximum Gasteiger partial charge on any atom is 0.258 e. The molecule has 1 atom stereocenters. The van der Waals surface area contributed by atoms with Crippen molar-refractivity contribution in [3.8, 4) is 5.75 Å². The van der Waals surface area contributed by atoms with E-state index in [1.54, 1.807) is 31.2 Å². The Morgan fingerprint density at radius 1 is 1.56 bits per heavy atom. The molecule has 0 fully saturated rings. The van der Waals surface area contributed by atoms with E-state index >= 15 is 0 Å². The SMILES string of the molecule is C[C@@H](O)CNC(=O)COc1ccccc1Cl. The molecule has 0 spiro atoms. The Kier molecular flexibility index (Phi) is 5.08. The van der Waals surface area contributed by atoms with Crippen molar-refractivity contribution in [3.05, 3.63) is 29.3 Å². The maximum absolute atomic E-state index is 11.2. The van der Waals surface area contributed by atoms with Crippen LogP contribution in [0.1, 0.15) is 6.92 Å². The summed E-state index contributed by atoms with van der Waals surface area (Å²) in [6, 6.07) is 6.92. The van der Waals surface area contributed by atoms with E-state index in [9.17, 15) is 4.79 Å². The maximum atomic E-state index is 11.2. The number of carbonyl (C=O) groups excluding carboxylic acids is 1. The number of nitrogens with one attached hydrogen (secondary N) is 1. The molecule has 0 saturated carbocycles. The molecule has 5 heteroatoms. The molecule has 0 aromatic heterocycles. The molecular formula is C11H14ClNO3. The molecule has 4 nitrogen and oxygen atoms in total. The van der Waals surface area contributed by atoms with Crippen molar-refractivity contribution in [3.63, 3.8) is 0 Å². The molecule has 16 heavy (non-hydrogen) atoms. The van der Waals surface area contributed by atoms with Gasteiger partial charge in [0.25, 0.3) is 5.91 Å². The van der Waals surface area contributed by atoms with Gasteiger partial charge in [-0.15, -0.1) is 0 Å². The predicted octanol–water partition coefficient (Wildman–Crippen LogP) is 1.22. The first kappa shape index (κ1) is 12.8. The molecule has 0 heterocycles. The highest BCUT2D eigenvalue weighted by molar-refractivity contribution is 6.32. The summed E-state index contributed by atoms with van der Waals surface area (Å²) in [5.74, 6) is 0.178. The number of amides is 1. The second-order valence-electron chi connectivity index (χ2n) is 3.37. The van der Waals surface area contributed by atoms with Gasteiger partial charge in [-0.25, -0.2) is 0 Å². The second-order valence-corrected chi connectivity index (χ2v) is 3.78. The lowest BCUT2D eigenvalue weighted by molar-refractivity contribution is -0.123. The van der Waals surface area contributed by atoms with Crippen LogP contribution >= 0.6 is 11.6 Å². The minimum Gasteiger partial charge on any atom is -0.482 e. The molecule has 0 aliphatic rings. The van der Waals surface area contributed by atoms with Crippen LogP contribution in [-0.2, 0) is 4.79 Å². The molecule has 0 saturated heterocycles. The van der Waals surface area contributed by atoms with E-state index in [-0.39, 0.29) is 19.1 Å². The number of ether oxygens (including phenoxy) is 1. The van der Waals surface area contributed by atoms with E-state index in [2.05, 4.69) is 5.32 Å². The Bertz CT molecular complexity index is 355. The standard InChI is InChI=1S/C11H14ClNO3/c1-8(14)6-13-11(15)7-16-10-5-3-2-4-9(10)12/h2-5,8,14H,6-7H2,1H3,(H,13,15)/t8-/m1/s1. The number of carbonyl (C=O) groups is 1. The van der Waals surface area contributed by atoms with Crippen molar-refractivity contribution in [2.75, 3.05) is 13.2 Å². The van der Waals surface area contributed by atoms with E-state index in [0.717, 1.165) is 0 Å². The Labute approximate surface area is 99.2 Å². The fourth-order valence-electron chi connectivity index (χ4n) is 1.02. The highest BCUT2D eigenvalue weighted by atomic mass is 35.5. The largest absolute Gasteiger partial charge is 0.482 e. The summed E-state index contributed by atoms with van der Waals surface area (Å²) in [5, 5.41) is 11.9. The number of aliphatic hydroxyl groups excluding tert-OH is 1. The van der Waals surface area contributed by atoms with Crippen LogP contribution in [-0.4, -0.2) is 30.3 Å². The molecule has 0 aliphatic heterocycles. The first-order valence-electron chi connectivity index (χ1n) is 4.91. The number of aliphatic hydroxyl groups is 1. The molecule has 1 amide bonds. The van der Waals surface area contributed by atoms with Gasteiger partial charge < -0.3 is 15.2 Å². The first-order valence-corrected chi connectivity index (χ1v) is 5.29. The van der Waals surface area contributed by atoms with Gasteiger partial charge >= 0.3 is 0 Å². The monoisotopic (exact) mass is 243 g/mol. The molecular weight excluding hydrogens is 230 g/mol. The van der Waals surface area contributed by atoms with Crippen molar-refractivity contribution in [2.45, 2.75) is 13.0 Å². The number of rotatable bonds is 5. The van der Waals surface area contributed by atoms with Crippen molar-refractivity contribution in [2.24, 2.45) is 0 Å². The quantitative estimate of drug-likeness (QED) is 0.818. The van der Waals surface area contributed by atoms with Crippen LogP contribution in [0.5, 0.6) is 5.75 Å². The lowest BCUT2D eigenvalue weighted by Gasteiger charge is -2.09. The summed E-state index contributed by atoms with van der Waals surface area (Å²) < 4.78 is 5.21. The molecule has 1 aromatic carbocycles. The van der Waals surface area contributed by atoms with E-state index in [1.165, 1.54) is 0 Å². The number of halogens is 1. The van der Waals surface area contributed by atoms with Crippen LogP contribution in [0.25, 0.3) is 0 Å². The lowest BCUT2D eigenvalue weighted by atomic mass is 10.3. The summed E-state index contributed by atoms with van der Waals surface area (Å²) in [5.41, 5.74) is 0. The third-order valence-corrected chi connectivity index (χ3v) is 2.10. The van der Waals surface area contributed by atoms with Crippen molar-refractivity contribution >= 4 is 17.5 Å². The van der Waals surface area contributed by atoms with Crippen LogP contribution in [0, 0.1) is 0 Å². The van der Waals surface area contributed by atoms with Gasteiger partial charge in [-0.2, -0.15) is 0 Å². The van der Waals surface area contributed by atoms with E-state index in [1.807, 2.05) is 0 Å². The Balaban J connectivity index is 2.35. The zero-order valence-corrected chi connectivity index (χ0v) is 9.70. The second kappa shape index (κ2) is 6.35. The topological polar surface area (TPSA) is 58.6 Å². The Morgan fingerprint density at radius 3 is 2.88 bits per heavy atom. The fraction of sp³-hybridized carbons (Fsp3) is 0.364. The number of para-hydroxylation sites is 1. The van der Waals surface area contributed by atoms with Crippen molar-refractivity contribution in [1.29, 1.82) is 0 Å². The number of benzene rings is 1. The van der Waals surface area contributed by atoms with Gasteiger partial charge in [-0.1, -0.05) is 23.7 Å². The highest BCUT2D eigenvalue weighted by Gasteiger charge is 2.05. The average Bonchev–Trinajstić information content (AvgIpc) is 2.25. The summed E-state index contributed by atoms with van der Waals surface area (Å²) in [6.07, 6.45) is -0.565. The first-order chi connectivity index (χ1) is 7.59. The third kappa shape index (κ3) is 4.51. The summed E-state index contributed by atoms with van der Waals surface area (Å²) >= 11 is 5.84. The van der Waals surface area contributed by atoms with E-state index in [4.69, 9.17) is 21.4 Å². The summed E-state index contributed by atoms with van der Waals surface area (Å²) in [7, 11) is 0. The molecule has 1 aromatic rings. The van der Waals surface area contributed by atoms with Crippen molar-refractivity contribution < 1.29 is 14.6 Å². The molecule has 88 valence electrons. The van der Waals surface area contributed by atoms with Crippen LogP contribution in [0.3, 0.4) is 0 Å². The molecule has 1 rings (SSSR count). The zero-order valence-electron chi connectivity index (χ0n) is 8.94. The van der Waals surface area contributed by atoms with Gasteiger partial charge in [0.2, 0.25) is 0 Å². The fourth-order valence-corrected chi connectivity index (χ4v) is 1.21. The molecule has 0 bridgehead atoms. The van der Waals surface area contributed by atoms with Gasteiger partial charge in [0.1, 0.15) is 5.75 Å².